The van der Waals surface area contributed by atoms with E-state index in [0.717, 1.165) is 31.5 Å². The summed E-state index contributed by atoms with van der Waals surface area (Å²) in [5.41, 5.74) is 1.42. The van der Waals surface area contributed by atoms with Gasteiger partial charge in [0.1, 0.15) is 12.2 Å². The maximum Gasteiger partial charge on any atom is 0.289 e. The van der Waals surface area contributed by atoms with Gasteiger partial charge in [-0.25, -0.2) is 15.0 Å². The van der Waals surface area contributed by atoms with Gasteiger partial charge in [-0.3, -0.25) is 14.2 Å². The molecule has 2 aliphatic heterocycles. The number of nitrogens with zero attached hydrogens (tertiary/aromatic N) is 5. The van der Waals surface area contributed by atoms with Crippen molar-refractivity contribution in [1.29, 1.82) is 0 Å². The van der Waals surface area contributed by atoms with Gasteiger partial charge in [-0.1, -0.05) is 36.8 Å². The zero-order chi connectivity index (χ0) is 30.3. The molecule has 2 fully saturated rings. The standard InChI is InChI=1S/C29H40N8O6/c1-2-30-27(41)23-21(39)22(40)29(43-23)37-17-32-20-24(33-19(16-38)15-18-9-5-3-6-10-18)34-25(35-26(20)37)28(42)31-11-14-36-12-7-4-8-13-36/h3,5-6,9-10,17,19,21-23,29,38-40H,2,4,7-8,11-16H2,1H3,(H,30,41)(H,31,42)(H,33,34,35)/t19-,21-,22+,23-,29+/m0/s1. The number of piperidine rings is 1. The molecule has 1 aromatic carbocycles. The molecule has 0 spiro atoms. The van der Waals surface area contributed by atoms with Crippen LogP contribution in [0, 0.1) is 0 Å². The van der Waals surface area contributed by atoms with Crippen molar-refractivity contribution in [2.24, 2.45) is 0 Å². The highest BCUT2D eigenvalue weighted by molar-refractivity contribution is 5.94. The second-order valence-electron chi connectivity index (χ2n) is 10.9. The van der Waals surface area contributed by atoms with Crippen molar-refractivity contribution < 1.29 is 29.6 Å². The maximum absolute atomic E-state index is 13.3. The van der Waals surface area contributed by atoms with E-state index in [1.54, 1.807) is 6.92 Å². The van der Waals surface area contributed by atoms with E-state index in [2.05, 4.69) is 35.8 Å². The highest BCUT2D eigenvalue weighted by Crippen LogP contribution is 2.33. The Hall–Kier alpha value is -3.69. The Morgan fingerprint density at radius 1 is 1.07 bits per heavy atom. The largest absolute Gasteiger partial charge is 0.394 e. The van der Waals surface area contributed by atoms with Crippen molar-refractivity contribution in [2.45, 2.75) is 63.2 Å². The number of carbonyl (C=O) groups is 2. The number of fused-ring (bicyclic) bond motifs is 1. The number of carbonyl (C=O) groups excluding carboxylic acids is 2. The number of hydrogen-bond donors (Lipinski definition) is 6. The van der Waals surface area contributed by atoms with Crippen LogP contribution in [0.5, 0.6) is 0 Å². The van der Waals surface area contributed by atoms with Gasteiger partial charge in [0.2, 0.25) is 5.82 Å². The van der Waals surface area contributed by atoms with Crippen LogP contribution >= 0.6 is 0 Å². The Labute approximate surface area is 249 Å². The average molecular weight is 597 g/mol. The Morgan fingerprint density at radius 2 is 1.84 bits per heavy atom. The first kappa shape index (κ1) is 30.8. The molecule has 2 saturated heterocycles. The van der Waals surface area contributed by atoms with Gasteiger partial charge in [-0.2, -0.15) is 0 Å². The summed E-state index contributed by atoms with van der Waals surface area (Å²) in [4.78, 5) is 41.4. The Morgan fingerprint density at radius 3 is 2.56 bits per heavy atom. The van der Waals surface area contributed by atoms with E-state index >= 15 is 0 Å². The topological polar surface area (TPSA) is 187 Å². The zero-order valence-corrected chi connectivity index (χ0v) is 24.2. The molecule has 14 nitrogen and oxygen atoms in total. The summed E-state index contributed by atoms with van der Waals surface area (Å²) in [5.74, 6) is -0.974. The van der Waals surface area contributed by atoms with Crippen molar-refractivity contribution in [2.75, 3.05) is 44.6 Å². The normalized spacial score (nSPS) is 23.3. The van der Waals surface area contributed by atoms with Crippen molar-refractivity contribution >= 4 is 28.8 Å². The lowest BCUT2D eigenvalue weighted by atomic mass is 10.1. The van der Waals surface area contributed by atoms with Gasteiger partial charge in [0.05, 0.1) is 19.0 Å². The number of imidazole rings is 1. The highest BCUT2D eigenvalue weighted by Gasteiger charge is 2.47. The molecule has 2 aliphatic rings. The van der Waals surface area contributed by atoms with Gasteiger partial charge in [0.25, 0.3) is 11.8 Å². The molecule has 2 amide bonds. The van der Waals surface area contributed by atoms with Crippen LogP contribution in [0.15, 0.2) is 36.7 Å². The summed E-state index contributed by atoms with van der Waals surface area (Å²) in [7, 11) is 0. The number of likely N-dealkylation sites (tertiary alicyclic amines) is 1. The maximum atomic E-state index is 13.3. The highest BCUT2D eigenvalue weighted by atomic mass is 16.6. The van der Waals surface area contributed by atoms with Gasteiger partial charge < -0.3 is 40.9 Å². The minimum Gasteiger partial charge on any atom is -0.394 e. The number of benzene rings is 1. The van der Waals surface area contributed by atoms with Crippen LogP contribution in [-0.2, 0) is 16.0 Å². The van der Waals surface area contributed by atoms with E-state index in [0.29, 0.717) is 26.1 Å². The fourth-order valence-electron chi connectivity index (χ4n) is 5.53. The summed E-state index contributed by atoms with van der Waals surface area (Å²) in [5, 5.41) is 40.3. The number of aromatic nitrogens is 4. The first-order chi connectivity index (χ1) is 20.9. The molecular weight excluding hydrogens is 556 g/mol. The van der Waals surface area contributed by atoms with Crippen LogP contribution in [0.1, 0.15) is 48.6 Å². The molecule has 14 heteroatoms. The van der Waals surface area contributed by atoms with Crippen molar-refractivity contribution in [1.82, 2.24) is 35.1 Å². The molecule has 2 aromatic heterocycles. The van der Waals surface area contributed by atoms with Crippen LogP contribution in [0.2, 0.25) is 0 Å². The lowest BCUT2D eigenvalue weighted by Crippen LogP contribution is -2.42. The molecule has 232 valence electrons. The van der Waals surface area contributed by atoms with E-state index in [1.807, 2.05) is 30.3 Å². The molecule has 0 radical (unpaired) electrons. The number of rotatable bonds is 12. The van der Waals surface area contributed by atoms with Gasteiger partial charge in [-0.05, 0) is 44.8 Å². The van der Waals surface area contributed by atoms with Gasteiger partial charge in [0.15, 0.2) is 29.3 Å². The third kappa shape index (κ3) is 7.11. The molecule has 4 heterocycles. The number of aliphatic hydroxyl groups is 3. The molecule has 5 atom stereocenters. The fraction of sp³-hybridized carbons (Fsp3) is 0.552. The zero-order valence-electron chi connectivity index (χ0n) is 24.2. The number of aliphatic hydroxyl groups excluding tert-OH is 3. The van der Waals surface area contributed by atoms with Crippen LogP contribution < -0.4 is 16.0 Å². The minimum atomic E-state index is -1.49. The minimum absolute atomic E-state index is 0.139. The average Bonchev–Trinajstić information content (AvgIpc) is 3.58. The van der Waals surface area contributed by atoms with Crippen molar-refractivity contribution in [3.05, 3.63) is 48.0 Å². The predicted octanol–water partition coefficient (Wildman–Crippen LogP) is -0.187. The number of amides is 2. The second-order valence-corrected chi connectivity index (χ2v) is 10.9. The second kappa shape index (κ2) is 14.2. The monoisotopic (exact) mass is 596 g/mol. The first-order valence-electron chi connectivity index (χ1n) is 14.8. The summed E-state index contributed by atoms with van der Waals surface area (Å²) < 4.78 is 7.17. The third-order valence-electron chi connectivity index (χ3n) is 7.79. The molecule has 43 heavy (non-hydrogen) atoms. The smallest absolute Gasteiger partial charge is 0.289 e. The lowest BCUT2D eigenvalue weighted by molar-refractivity contribution is -0.137. The van der Waals surface area contributed by atoms with Crippen molar-refractivity contribution in [3.8, 4) is 0 Å². The lowest BCUT2D eigenvalue weighted by Gasteiger charge is -2.26. The van der Waals surface area contributed by atoms with E-state index in [1.165, 1.54) is 17.3 Å². The quantitative estimate of drug-likeness (QED) is 0.163. The van der Waals surface area contributed by atoms with E-state index < -0.39 is 42.4 Å². The summed E-state index contributed by atoms with van der Waals surface area (Å²) in [6, 6.07) is 9.18. The van der Waals surface area contributed by atoms with Gasteiger partial charge >= 0.3 is 0 Å². The number of anilines is 1. The Balaban J connectivity index is 1.44. The molecule has 0 unspecified atom stereocenters. The number of hydrogen-bond acceptors (Lipinski definition) is 11. The molecular formula is C29H40N8O6. The van der Waals surface area contributed by atoms with E-state index in [9.17, 15) is 24.9 Å². The number of nitrogens with one attached hydrogen (secondary N) is 3. The first-order valence-corrected chi connectivity index (χ1v) is 14.8. The summed E-state index contributed by atoms with van der Waals surface area (Å²) in [6.07, 6.45) is -0.127. The Kier molecular flexibility index (Phi) is 10.1. The van der Waals surface area contributed by atoms with Gasteiger partial charge in [0, 0.05) is 19.6 Å². The Bertz CT molecular complexity index is 1380. The van der Waals surface area contributed by atoms with Crippen LogP contribution in [0.4, 0.5) is 5.82 Å². The summed E-state index contributed by atoms with van der Waals surface area (Å²) >= 11 is 0. The van der Waals surface area contributed by atoms with E-state index in [4.69, 9.17) is 4.74 Å². The molecule has 0 aliphatic carbocycles. The predicted molar refractivity (Wildman–Crippen MR) is 157 cm³/mol. The number of likely N-dealkylation sites (N-methyl/N-ethyl adjacent to an activating group) is 1. The molecule has 6 N–H and O–H groups in total. The van der Waals surface area contributed by atoms with Crippen LogP contribution in [0.3, 0.4) is 0 Å². The molecule has 0 saturated carbocycles. The van der Waals surface area contributed by atoms with Crippen molar-refractivity contribution in [3.63, 3.8) is 0 Å². The molecule has 5 rings (SSSR count). The van der Waals surface area contributed by atoms with Gasteiger partial charge in [-0.15, -0.1) is 0 Å². The number of ether oxygens (including phenoxy) is 1. The van der Waals surface area contributed by atoms with Crippen LogP contribution in [-0.4, -0.2) is 115 Å². The summed E-state index contributed by atoms with van der Waals surface area (Å²) in [6.45, 7) is 4.97. The third-order valence-corrected chi connectivity index (χ3v) is 7.79. The SMILES string of the molecule is CCNC(=O)[C@H]1O[C@@H](n2cnc3c(N[C@H](CO)Cc4ccccc4)nc(C(=O)NCCN4CCCCC4)nc32)[C@H](O)[C@@H]1O. The molecule has 3 aromatic rings. The van der Waals surface area contributed by atoms with E-state index in [-0.39, 0.29) is 29.4 Å². The fourth-order valence-corrected chi connectivity index (χ4v) is 5.53. The molecule has 0 bridgehead atoms. The van der Waals surface area contributed by atoms with Crippen LogP contribution in [0.25, 0.3) is 11.2 Å².